The summed E-state index contributed by atoms with van der Waals surface area (Å²) in [7, 11) is 1.66. The molecular weight excluding hydrogens is 238 g/mol. The van der Waals surface area contributed by atoms with Crippen LogP contribution in [0.3, 0.4) is 0 Å². The Morgan fingerprint density at radius 1 is 1.37 bits per heavy atom. The highest BCUT2D eigenvalue weighted by atomic mass is 16.5. The summed E-state index contributed by atoms with van der Waals surface area (Å²) in [6.07, 6.45) is 3.70. The zero-order valence-corrected chi connectivity index (χ0v) is 12.5. The maximum Gasteiger partial charge on any atom is 0.224 e. The van der Waals surface area contributed by atoms with E-state index in [1.807, 2.05) is 18.2 Å². The molecule has 0 aliphatic carbocycles. The molecule has 1 aromatic rings. The van der Waals surface area contributed by atoms with Crippen molar-refractivity contribution in [2.75, 3.05) is 12.4 Å². The van der Waals surface area contributed by atoms with E-state index in [1.165, 1.54) is 0 Å². The van der Waals surface area contributed by atoms with Gasteiger partial charge in [0.25, 0.3) is 0 Å². The summed E-state index contributed by atoms with van der Waals surface area (Å²) < 4.78 is 5.33. The molecule has 3 nitrogen and oxygen atoms in total. The molecule has 1 atom stereocenters. The van der Waals surface area contributed by atoms with Crippen LogP contribution in [-0.4, -0.2) is 13.0 Å². The van der Waals surface area contributed by atoms with E-state index >= 15 is 0 Å². The number of nitrogens with one attached hydrogen (secondary N) is 1. The fourth-order valence-corrected chi connectivity index (χ4v) is 2.24. The van der Waals surface area contributed by atoms with Crippen LogP contribution >= 0.6 is 0 Å². The fourth-order valence-electron chi connectivity index (χ4n) is 2.24. The minimum atomic E-state index is 0.0762. The number of amides is 1. The Labute approximate surface area is 116 Å². The second kappa shape index (κ2) is 7.82. The Kier molecular flexibility index (Phi) is 6.40. The third-order valence-corrected chi connectivity index (χ3v) is 3.27. The highest BCUT2D eigenvalue weighted by Crippen LogP contribution is 2.24. The van der Waals surface area contributed by atoms with Crippen LogP contribution in [0, 0.1) is 5.92 Å². The average molecular weight is 263 g/mol. The lowest BCUT2D eigenvalue weighted by Gasteiger charge is -2.12. The normalized spacial score (nSPS) is 12.0. The molecule has 0 fully saturated rings. The van der Waals surface area contributed by atoms with Crippen LogP contribution < -0.4 is 10.1 Å². The van der Waals surface area contributed by atoms with Gasteiger partial charge in [-0.3, -0.25) is 4.79 Å². The van der Waals surface area contributed by atoms with Crippen molar-refractivity contribution in [1.29, 1.82) is 0 Å². The standard InChI is InChI=1S/C16H25NO2/c1-5-7-12(3)10-16(18)17-14-9-8-13(6-2)15(11-14)19-4/h8-9,11-12H,5-7,10H2,1-4H3,(H,17,18). The predicted octanol–water partition coefficient (Wildman–Crippen LogP) is 4.02. The molecule has 1 aromatic carbocycles. The molecule has 1 N–H and O–H groups in total. The number of carbonyl (C=O) groups excluding carboxylic acids is 1. The Morgan fingerprint density at radius 3 is 2.68 bits per heavy atom. The summed E-state index contributed by atoms with van der Waals surface area (Å²) in [6, 6.07) is 5.83. The quantitative estimate of drug-likeness (QED) is 0.806. The number of hydrogen-bond donors (Lipinski definition) is 1. The lowest BCUT2D eigenvalue weighted by atomic mass is 10.0. The number of methoxy groups -OCH3 is 1. The van der Waals surface area contributed by atoms with E-state index in [1.54, 1.807) is 7.11 Å². The molecule has 106 valence electrons. The molecule has 1 amide bonds. The fraction of sp³-hybridized carbons (Fsp3) is 0.562. The third-order valence-electron chi connectivity index (χ3n) is 3.27. The Hall–Kier alpha value is -1.51. The maximum atomic E-state index is 11.9. The molecule has 3 heteroatoms. The second-order valence-corrected chi connectivity index (χ2v) is 5.03. The van der Waals surface area contributed by atoms with Gasteiger partial charge >= 0.3 is 0 Å². The summed E-state index contributed by atoms with van der Waals surface area (Å²) in [5.41, 5.74) is 1.96. The summed E-state index contributed by atoms with van der Waals surface area (Å²) in [5.74, 6) is 1.34. The minimum Gasteiger partial charge on any atom is -0.496 e. The van der Waals surface area contributed by atoms with Crippen molar-refractivity contribution < 1.29 is 9.53 Å². The smallest absolute Gasteiger partial charge is 0.224 e. The van der Waals surface area contributed by atoms with Crippen LogP contribution in [0.25, 0.3) is 0 Å². The molecule has 0 aromatic heterocycles. The van der Waals surface area contributed by atoms with Gasteiger partial charge in [-0.05, 0) is 24.0 Å². The molecule has 0 aliphatic heterocycles. The summed E-state index contributed by atoms with van der Waals surface area (Å²) >= 11 is 0. The predicted molar refractivity (Wildman–Crippen MR) is 79.7 cm³/mol. The zero-order chi connectivity index (χ0) is 14.3. The van der Waals surface area contributed by atoms with Crippen LogP contribution in [0.4, 0.5) is 5.69 Å². The van der Waals surface area contributed by atoms with Crippen LogP contribution in [0.1, 0.15) is 45.6 Å². The Balaban J connectivity index is 2.64. The molecule has 0 saturated carbocycles. The second-order valence-electron chi connectivity index (χ2n) is 5.03. The van der Waals surface area contributed by atoms with Gasteiger partial charge in [-0.15, -0.1) is 0 Å². The molecule has 0 radical (unpaired) electrons. The molecule has 0 saturated heterocycles. The van der Waals surface area contributed by atoms with E-state index in [0.717, 1.165) is 36.3 Å². The topological polar surface area (TPSA) is 38.3 Å². The molecule has 0 spiro atoms. The van der Waals surface area contributed by atoms with Crippen molar-refractivity contribution in [3.63, 3.8) is 0 Å². The Morgan fingerprint density at radius 2 is 2.11 bits per heavy atom. The van der Waals surface area contributed by atoms with Gasteiger partial charge in [0.1, 0.15) is 5.75 Å². The Bertz CT molecular complexity index is 415. The van der Waals surface area contributed by atoms with Crippen molar-refractivity contribution in [2.24, 2.45) is 5.92 Å². The van der Waals surface area contributed by atoms with Crippen LogP contribution in [0.2, 0.25) is 0 Å². The zero-order valence-electron chi connectivity index (χ0n) is 12.5. The molecule has 0 heterocycles. The van der Waals surface area contributed by atoms with Crippen molar-refractivity contribution in [3.8, 4) is 5.75 Å². The number of ether oxygens (including phenoxy) is 1. The van der Waals surface area contributed by atoms with Gasteiger partial charge in [-0.1, -0.05) is 39.7 Å². The molecule has 0 bridgehead atoms. The van der Waals surface area contributed by atoms with Crippen molar-refractivity contribution >= 4 is 11.6 Å². The van der Waals surface area contributed by atoms with E-state index in [9.17, 15) is 4.79 Å². The van der Waals surface area contributed by atoms with E-state index in [2.05, 4.69) is 26.1 Å². The van der Waals surface area contributed by atoms with Gasteiger partial charge in [0, 0.05) is 18.2 Å². The van der Waals surface area contributed by atoms with Crippen LogP contribution in [0.5, 0.6) is 5.75 Å². The van der Waals surface area contributed by atoms with Gasteiger partial charge in [-0.25, -0.2) is 0 Å². The van der Waals surface area contributed by atoms with E-state index in [-0.39, 0.29) is 5.91 Å². The van der Waals surface area contributed by atoms with Crippen molar-refractivity contribution in [3.05, 3.63) is 23.8 Å². The highest BCUT2D eigenvalue weighted by Gasteiger charge is 2.10. The number of aryl methyl sites for hydroxylation is 1. The number of benzene rings is 1. The SMILES string of the molecule is CCCC(C)CC(=O)Nc1ccc(CC)c(OC)c1. The third kappa shape index (κ3) is 4.93. The number of hydrogen-bond acceptors (Lipinski definition) is 2. The maximum absolute atomic E-state index is 11.9. The number of rotatable bonds is 7. The van der Waals surface area contributed by atoms with Gasteiger partial charge in [0.05, 0.1) is 7.11 Å². The lowest BCUT2D eigenvalue weighted by molar-refractivity contribution is -0.117. The van der Waals surface area contributed by atoms with E-state index < -0.39 is 0 Å². The van der Waals surface area contributed by atoms with Gasteiger partial charge in [-0.2, -0.15) is 0 Å². The average Bonchev–Trinajstić information content (AvgIpc) is 2.38. The molecule has 19 heavy (non-hydrogen) atoms. The lowest BCUT2D eigenvalue weighted by Crippen LogP contribution is -2.15. The summed E-state index contributed by atoms with van der Waals surface area (Å²) in [6.45, 7) is 6.34. The first kappa shape index (κ1) is 15.5. The van der Waals surface area contributed by atoms with E-state index in [0.29, 0.717) is 12.3 Å². The summed E-state index contributed by atoms with van der Waals surface area (Å²) in [4.78, 5) is 11.9. The van der Waals surface area contributed by atoms with Crippen molar-refractivity contribution in [2.45, 2.75) is 46.5 Å². The van der Waals surface area contributed by atoms with Crippen LogP contribution in [-0.2, 0) is 11.2 Å². The molecule has 1 unspecified atom stereocenters. The van der Waals surface area contributed by atoms with E-state index in [4.69, 9.17) is 4.74 Å². The minimum absolute atomic E-state index is 0.0762. The van der Waals surface area contributed by atoms with Crippen LogP contribution in [0.15, 0.2) is 18.2 Å². The summed E-state index contributed by atoms with van der Waals surface area (Å²) in [5, 5.41) is 2.94. The first-order chi connectivity index (χ1) is 9.10. The van der Waals surface area contributed by atoms with Gasteiger partial charge in [0.15, 0.2) is 0 Å². The first-order valence-electron chi connectivity index (χ1n) is 7.07. The van der Waals surface area contributed by atoms with Gasteiger partial charge in [0.2, 0.25) is 5.91 Å². The highest BCUT2D eigenvalue weighted by molar-refractivity contribution is 5.91. The largest absolute Gasteiger partial charge is 0.496 e. The first-order valence-corrected chi connectivity index (χ1v) is 7.07. The van der Waals surface area contributed by atoms with Gasteiger partial charge < -0.3 is 10.1 Å². The molecular formula is C16H25NO2. The number of anilines is 1. The monoisotopic (exact) mass is 263 g/mol. The molecule has 0 aliphatic rings. The van der Waals surface area contributed by atoms with Crippen molar-refractivity contribution in [1.82, 2.24) is 0 Å². The number of carbonyl (C=O) groups is 1. The molecule has 1 rings (SSSR count).